The summed E-state index contributed by atoms with van der Waals surface area (Å²) in [4.78, 5) is 32.2. The van der Waals surface area contributed by atoms with Gasteiger partial charge in [0.15, 0.2) is 5.13 Å². The average Bonchev–Trinajstić information content (AvgIpc) is 3.12. The van der Waals surface area contributed by atoms with Gasteiger partial charge in [-0.25, -0.2) is 9.97 Å². The summed E-state index contributed by atoms with van der Waals surface area (Å²) in [6, 6.07) is 17.9. The fourth-order valence-electron chi connectivity index (χ4n) is 2.72. The van der Waals surface area contributed by atoms with Crippen LogP contribution in [-0.4, -0.2) is 21.8 Å². The summed E-state index contributed by atoms with van der Waals surface area (Å²) in [5.41, 5.74) is 7.20. The number of fused-ring (bicyclic) bond motifs is 1. The maximum Gasteiger partial charge on any atom is 0.254 e. The fraction of sp³-hybridized carbons (Fsp3) is 0.0476. The van der Waals surface area contributed by atoms with E-state index in [-0.39, 0.29) is 23.8 Å². The number of thiazole rings is 1. The number of rotatable bonds is 6. The van der Waals surface area contributed by atoms with Crippen LogP contribution in [-0.2, 0) is 11.2 Å². The number of amides is 2. The Morgan fingerprint density at radius 1 is 1.03 bits per heavy atom. The number of benzene rings is 2. The van der Waals surface area contributed by atoms with Gasteiger partial charge in [0.25, 0.3) is 5.91 Å². The maximum atomic E-state index is 12.3. The maximum absolute atomic E-state index is 12.3. The van der Waals surface area contributed by atoms with E-state index in [2.05, 4.69) is 15.3 Å². The van der Waals surface area contributed by atoms with Gasteiger partial charge >= 0.3 is 0 Å². The van der Waals surface area contributed by atoms with Crippen molar-refractivity contribution in [2.75, 3.05) is 5.32 Å². The van der Waals surface area contributed by atoms with Gasteiger partial charge < -0.3 is 15.8 Å². The van der Waals surface area contributed by atoms with Gasteiger partial charge in [0, 0.05) is 6.20 Å². The molecule has 0 aliphatic rings. The Hall–Kier alpha value is -3.78. The molecular weight excluding hydrogens is 388 g/mol. The van der Waals surface area contributed by atoms with E-state index in [4.69, 9.17) is 10.5 Å². The summed E-state index contributed by atoms with van der Waals surface area (Å²) in [5, 5.41) is 3.40. The first-order valence-corrected chi connectivity index (χ1v) is 9.57. The Bertz CT molecular complexity index is 1150. The van der Waals surface area contributed by atoms with Gasteiger partial charge in [-0.1, -0.05) is 35.6 Å². The number of nitrogens with zero attached hydrogens (tertiary/aromatic N) is 2. The number of carbonyl (C=O) groups excluding carboxylic acids is 2. The van der Waals surface area contributed by atoms with Crippen LogP contribution >= 0.6 is 11.3 Å². The third-order valence-electron chi connectivity index (χ3n) is 4.08. The zero-order valence-corrected chi connectivity index (χ0v) is 16.0. The highest BCUT2D eigenvalue weighted by molar-refractivity contribution is 7.22. The van der Waals surface area contributed by atoms with Crippen molar-refractivity contribution in [1.29, 1.82) is 0 Å². The highest BCUT2D eigenvalue weighted by Crippen LogP contribution is 2.26. The van der Waals surface area contributed by atoms with Crippen LogP contribution in [0.25, 0.3) is 10.2 Å². The van der Waals surface area contributed by atoms with Crippen molar-refractivity contribution < 1.29 is 14.3 Å². The highest BCUT2D eigenvalue weighted by Gasteiger charge is 2.12. The third kappa shape index (κ3) is 4.39. The second-order valence-corrected chi connectivity index (χ2v) is 7.21. The molecule has 2 amide bonds. The summed E-state index contributed by atoms with van der Waals surface area (Å²) in [6.45, 7) is 0. The smallest absolute Gasteiger partial charge is 0.254 e. The molecule has 2 aromatic heterocycles. The Kier molecular flexibility index (Phi) is 5.17. The van der Waals surface area contributed by atoms with Gasteiger partial charge in [0.05, 0.1) is 16.6 Å². The van der Waals surface area contributed by atoms with E-state index >= 15 is 0 Å². The molecule has 0 fully saturated rings. The molecule has 4 rings (SSSR count). The number of primary amides is 1. The predicted octanol–water partition coefficient (Wildman–Crippen LogP) is 3.76. The molecule has 0 unspecified atom stereocenters. The largest absolute Gasteiger partial charge is 0.438 e. The number of carbonyl (C=O) groups is 2. The zero-order chi connectivity index (χ0) is 20.2. The summed E-state index contributed by atoms with van der Waals surface area (Å²) >= 11 is 1.44. The number of aromatic nitrogens is 2. The zero-order valence-electron chi connectivity index (χ0n) is 15.2. The normalized spacial score (nSPS) is 10.6. The Labute approximate surface area is 170 Å². The molecule has 29 heavy (non-hydrogen) atoms. The highest BCUT2D eigenvalue weighted by atomic mass is 32.1. The van der Waals surface area contributed by atoms with Crippen molar-refractivity contribution in [3.8, 4) is 11.6 Å². The lowest BCUT2D eigenvalue weighted by Crippen LogP contribution is -2.14. The van der Waals surface area contributed by atoms with Crippen molar-refractivity contribution in [2.24, 2.45) is 5.73 Å². The van der Waals surface area contributed by atoms with E-state index in [0.29, 0.717) is 10.9 Å². The molecule has 0 spiro atoms. The minimum Gasteiger partial charge on any atom is -0.438 e. The lowest BCUT2D eigenvalue weighted by Gasteiger charge is -2.08. The summed E-state index contributed by atoms with van der Waals surface area (Å²) in [7, 11) is 0. The third-order valence-corrected chi connectivity index (χ3v) is 5.03. The van der Waals surface area contributed by atoms with Gasteiger partial charge in [-0.05, 0) is 42.0 Å². The molecule has 144 valence electrons. The van der Waals surface area contributed by atoms with E-state index in [1.165, 1.54) is 17.5 Å². The first kappa shape index (κ1) is 18.6. The van der Waals surface area contributed by atoms with Crippen LogP contribution < -0.4 is 15.8 Å². The number of pyridine rings is 1. The lowest BCUT2D eigenvalue weighted by atomic mass is 10.1. The van der Waals surface area contributed by atoms with Crippen molar-refractivity contribution in [3.05, 3.63) is 78.0 Å². The minimum absolute atomic E-state index is 0.140. The molecule has 2 heterocycles. The number of para-hydroxylation sites is 1. The Balaban J connectivity index is 1.40. The molecule has 0 atom stereocenters. The number of hydrogen-bond acceptors (Lipinski definition) is 6. The molecule has 0 radical (unpaired) electrons. The standard InChI is InChI=1S/C21H16N4O3S/c22-19(27)15-4-3-11-23-20(15)28-14-9-7-13(8-10-14)12-18(26)25-21-24-16-5-1-2-6-17(16)29-21/h1-11H,12H2,(H2,22,27)(H,24,25,26). The average molecular weight is 404 g/mol. The first-order valence-electron chi connectivity index (χ1n) is 8.75. The second kappa shape index (κ2) is 8.07. The van der Waals surface area contributed by atoms with Crippen LogP contribution in [0.3, 0.4) is 0 Å². The van der Waals surface area contributed by atoms with E-state index in [0.717, 1.165) is 15.8 Å². The van der Waals surface area contributed by atoms with Crippen molar-refractivity contribution in [2.45, 2.75) is 6.42 Å². The first-order chi connectivity index (χ1) is 14.1. The van der Waals surface area contributed by atoms with Gasteiger partial charge in [-0.15, -0.1) is 0 Å². The van der Waals surface area contributed by atoms with Crippen molar-refractivity contribution in [1.82, 2.24) is 9.97 Å². The lowest BCUT2D eigenvalue weighted by molar-refractivity contribution is -0.115. The van der Waals surface area contributed by atoms with Crippen LogP contribution in [0, 0.1) is 0 Å². The SMILES string of the molecule is NC(=O)c1cccnc1Oc1ccc(CC(=O)Nc2nc3ccccc3s2)cc1. The van der Waals surface area contributed by atoms with Crippen LogP contribution in [0.4, 0.5) is 5.13 Å². The fourth-order valence-corrected chi connectivity index (χ4v) is 3.60. The molecule has 8 heteroatoms. The predicted molar refractivity (Wildman–Crippen MR) is 111 cm³/mol. The molecule has 0 aliphatic heterocycles. The quantitative estimate of drug-likeness (QED) is 0.509. The number of hydrogen-bond donors (Lipinski definition) is 2. The molecule has 0 saturated carbocycles. The van der Waals surface area contributed by atoms with Crippen LogP contribution in [0.15, 0.2) is 66.9 Å². The monoisotopic (exact) mass is 404 g/mol. The number of anilines is 1. The van der Waals surface area contributed by atoms with Gasteiger partial charge in [-0.3, -0.25) is 9.59 Å². The van der Waals surface area contributed by atoms with Crippen LogP contribution in [0.5, 0.6) is 11.6 Å². The van der Waals surface area contributed by atoms with E-state index in [9.17, 15) is 9.59 Å². The van der Waals surface area contributed by atoms with Crippen molar-refractivity contribution in [3.63, 3.8) is 0 Å². The van der Waals surface area contributed by atoms with Crippen molar-refractivity contribution >= 4 is 38.5 Å². The number of ether oxygens (including phenoxy) is 1. The molecule has 0 saturated heterocycles. The van der Waals surface area contributed by atoms with Gasteiger partial charge in [0.2, 0.25) is 11.8 Å². The van der Waals surface area contributed by atoms with Gasteiger partial charge in [0.1, 0.15) is 11.3 Å². The molecule has 7 nitrogen and oxygen atoms in total. The molecule has 2 aromatic carbocycles. The molecular formula is C21H16N4O3S. The van der Waals surface area contributed by atoms with E-state index in [1.54, 1.807) is 36.4 Å². The van der Waals surface area contributed by atoms with Crippen LogP contribution in [0.1, 0.15) is 15.9 Å². The summed E-state index contributed by atoms with van der Waals surface area (Å²) < 4.78 is 6.66. The molecule has 0 aliphatic carbocycles. The van der Waals surface area contributed by atoms with Gasteiger partial charge in [-0.2, -0.15) is 0 Å². The molecule has 4 aromatic rings. The Morgan fingerprint density at radius 3 is 2.59 bits per heavy atom. The van der Waals surface area contributed by atoms with Crippen LogP contribution in [0.2, 0.25) is 0 Å². The molecule has 3 N–H and O–H groups in total. The number of nitrogens with one attached hydrogen (secondary N) is 1. The van der Waals surface area contributed by atoms with E-state index in [1.807, 2.05) is 24.3 Å². The topological polar surface area (TPSA) is 107 Å². The summed E-state index contributed by atoms with van der Waals surface area (Å²) in [6.07, 6.45) is 1.72. The minimum atomic E-state index is -0.615. The second-order valence-electron chi connectivity index (χ2n) is 6.18. The van der Waals surface area contributed by atoms with E-state index < -0.39 is 5.91 Å². The molecule has 0 bridgehead atoms. The Morgan fingerprint density at radius 2 is 1.83 bits per heavy atom. The summed E-state index contributed by atoms with van der Waals surface area (Å²) in [5.74, 6) is -0.141. The number of nitrogens with two attached hydrogens (primary N) is 1.